The molecule has 2 saturated heterocycles. The maximum atomic E-state index is 12.3. The van der Waals surface area contributed by atoms with Crippen LogP contribution < -0.4 is 10.6 Å². The van der Waals surface area contributed by atoms with Crippen molar-refractivity contribution in [3.05, 3.63) is 35.6 Å². The van der Waals surface area contributed by atoms with Gasteiger partial charge in [-0.2, -0.15) is 0 Å². The van der Waals surface area contributed by atoms with Crippen molar-refractivity contribution < 1.29 is 14.0 Å². The largest absolute Gasteiger partial charge is 0.453 e. The topological polar surface area (TPSA) is 71.3 Å². The molecule has 0 aliphatic carbocycles. The number of fused-ring (bicyclic) bond motifs is 3. The van der Waals surface area contributed by atoms with E-state index in [-0.39, 0.29) is 17.7 Å². The summed E-state index contributed by atoms with van der Waals surface area (Å²) in [6.07, 6.45) is 4.02. The monoisotopic (exact) mass is 284 g/mol. The van der Waals surface area contributed by atoms with Crippen LogP contribution in [0.2, 0.25) is 0 Å². The third kappa shape index (κ3) is 2.14. The average molecular weight is 284 g/mol. The van der Waals surface area contributed by atoms with Crippen LogP contribution in [0, 0.1) is 0 Å². The van der Waals surface area contributed by atoms with Crippen LogP contribution in [-0.4, -0.2) is 30.3 Å². The van der Waals surface area contributed by atoms with Gasteiger partial charge >= 0.3 is 0 Å². The predicted octanol–water partition coefficient (Wildman–Crippen LogP) is 1.87. The van der Waals surface area contributed by atoms with Gasteiger partial charge in [-0.15, -0.1) is 0 Å². The molecule has 1 aromatic heterocycles. The summed E-state index contributed by atoms with van der Waals surface area (Å²) in [5, 5.41) is 7.43. The average Bonchev–Trinajstić information content (AvgIpc) is 3.20. The molecule has 2 N–H and O–H groups in total. The zero-order chi connectivity index (χ0) is 14.4. The Kier molecular flexibility index (Phi) is 2.82. The van der Waals surface area contributed by atoms with Gasteiger partial charge in [0.05, 0.1) is 0 Å². The number of rotatable bonds is 3. The fraction of sp³-hybridized carbons (Fsp3) is 0.375. The number of aldehydes is 1. The summed E-state index contributed by atoms with van der Waals surface area (Å²) >= 11 is 0. The number of benzene rings is 1. The van der Waals surface area contributed by atoms with E-state index >= 15 is 0 Å². The molecule has 3 heterocycles. The van der Waals surface area contributed by atoms with Crippen molar-refractivity contribution >= 4 is 23.2 Å². The maximum absolute atomic E-state index is 12.3. The first kappa shape index (κ1) is 12.6. The van der Waals surface area contributed by atoms with E-state index in [4.69, 9.17) is 4.42 Å². The molecule has 2 bridgehead atoms. The SMILES string of the molecule is O=Cc1cc2ccc(C(=O)N[C@@H]3C[C@H]4CC[C@@H]3N4)cc2o1. The van der Waals surface area contributed by atoms with Gasteiger partial charge in [-0.25, -0.2) is 0 Å². The van der Waals surface area contributed by atoms with Gasteiger partial charge in [-0.1, -0.05) is 6.07 Å². The van der Waals surface area contributed by atoms with Crippen molar-refractivity contribution in [1.82, 2.24) is 10.6 Å². The summed E-state index contributed by atoms with van der Waals surface area (Å²) in [7, 11) is 0. The van der Waals surface area contributed by atoms with Gasteiger partial charge in [0, 0.05) is 29.1 Å². The van der Waals surface area contributed by atoms with Crippen molar-refractivity contribution in [1.29, 1.82) is 0 Å². The van der Waals surface area contributed by atoms with Crippen LogP contribution in [0.4, 0.5) is 0 Å². The van der Waals surface area contributed by atoms with Gasteiger partial charge in [0.15, 0.2) is 12.0 Å². The van der Waals surface area contributed by atoms with E-state index in [9.17, 15) is 9.59 Å². The van der Waals surface area contributed by atoms with Crippen molar-refractivity contribution in [2.24, 2.45) is 0 Å². The molecule has 0 saturated carbocycles. The van der Waals surface area contributed by atoms with Crippen molar-refractivity contribution in [2.45, 2.75) is 37.4 Å². The minimum Gasteiger partial charge on any atom is -0.453 e. The van der Waals surface area contributed by atoms with E-state index in [0.717, 1.165) is 18.2 Å². The van der Waals surface area contributed by atoms with Crippen molar-refractivity contribution in [2.75, 3.05) is 0 Å². The molecule has 21 heavy (non-hydrogen) atoms. The molecule has 2 fully saturated rings. The fourth-order valence-corrected chi connectivity index (χ4v) is 3.49. The normalized spacial score (nSPS) is 27.1. The van der Waals surface area contributed by atoms with Crippen molar-refractivity contribution in [3.63, 3.8) is 0 Å². The minimum absolute atomic E-state index is 0.0831. The summed E-state index contributed by atoms with van der Waals surface area (Å²) in [4.78, 5) is 23.1. The first-order chi connectivity index (χ1) is 10.2. The molecule has 5 nitrogen and oxygen atoms in total. The van der Waals surface area contributed by atoms with Crippen LogP contribution in [0.5, 0.6) is 0 Å². The highest BCUT2D eigenvalue weighted by Crippen LogP contribution is 2.28. The number of furan rings is 1. The van der Waals surface area contributed by atoms with E-state index in [0.29, 0.717) is 29.5 Å². The Morgan fingerprint density at radius 2 is 2.24 bits per heavy atom. The molecular weight excluding hydrogens is 268 g/mol. The lowest BCUT2D eigenvalue weighted by Gasteiger charge is -2.21. The van der Waals surface area contributed by atoms with E-state index in [1.807, 2.05) is 0 Å². The Balaban J connectivity index is 1.54. The quantitative estimate of drug-likeness (QED) is 0.844. The molecule has 5 heteroatoms. The Hall–Kier alpha value is -2.14. The van der Waals surface area contributed by atoms with Crippen LogP contribution >= 0.6 is 0 Å². The van der Waals surface area contributed by atoms with E-state index in [1.165, 1.54) is 6.42 Å². The first-order valence-corrected chi connectivity index (χ1v) is 7.28. The van der Waals surface area contributed by atoms with Crippen LogP contribution in [0.15, 0.2) is 28.7 Å². The molecule has 3 atom stereocenters. The number of amides is 1. The number of nitrogens with one attached hydrogen (secondary N) is 2. The van der Waals surface area contributed by atoms with E-state index in [1.54, 1.807) is 24.3 Å². The molecule has 1 amide bonds. The first-order valence-electron chi connectivity index (χ1n) is 7.28. The Morgan fingerprint density at radius 1 is 1.33 bits per heavy atom. The highest BCUT2D eigenvalue weighted by atomic mass is 16.3. The molecule has 2 aliphatic heterocycles. The van der Waals surface area contributed by atoms with Crippen molar-refractivity contribution in [3.8, 4) is 0 Å². The molecule has 2 aromatic rings. The molecule has 0 spiro atoms. The molecule has 0 radical (unpaired) electrons. The standard InChI is InChI=1S/C16H16N2O3/c19-8-12-5-9-1-2-10(6-15(9)21-12)16(20)18-14-7-11-3-4-13(14)17-11/h1-2,5-6,8,11,13-14,17H,3-4,7H2,(H,18,20)/t11-,13+,14-/m1/s1. The summed E-state index contributed by atoms with van der Waals surface area (Å²) in [5.74, 6) is 0.195. The number of hydrogen-bond donors (Lipinski definition) is 2. The summed E-state index contributed by atoms with van der Waals surface area (Å²) < 4.78 is 5.37. The third-order valence-electron chi connectivity index (χ3n) is 4.53. The lowest BCUT2D eigenvalue weighted by Crippen LogP contribution is -2.42. The van der Waals surface area contributed by atoms with Gasteiger partial charge in [0.2, 0.25) is 0 Å². The number of carbonyl (C=O) groups is 2. The number of carbonyl (C=O) groups excluding carboxylic acids is 2. The van der Waals surface area contributed by atoms with Gasteiger partial charge in [0.1, 0.15) is 5.58 Å². The number of hydrogen-bond acceptors (Lipinski definition) is 4. The fourth-order valence-electron chi connectivity index (χ4n) is 3.49. The van der Waals surface area contributed by atoms with Crippen LogP contribution in [0.1, 0.15) is 40.2 Å². The van der Waals surface area contributed by atoms with Gasteiger partial charge < -0.3 is 15.1 Å². The zero-order valence-corrected chi connectivity index (χ0v) is 11.5. The molecule has 2 aliphatic rings. The third-order valence-corrected chi connectivity index (χ3v) is 4.53. The Morgan fingerprint density at radius 3 is 2.95 bits per heavy atom. The van der Waals surface area contributed by atoms with Crippen LogP contribution in [0.3, 0.4) is 0 Å². The molecule has 4 rings (SSSR count). The molecule has 1 aromatic carbocycles. The minimum atomic E-state index is -0.0831. The second-order valence-electron chi connectivity index (χ2n) is 5.88. The Bertz CT molecular complexity index is 721. The highest BCUT2D eigenvalue weighted by Gasteiger charge is 2.39. The van der Waals surface area contributed by atoms with E-state index in [2.05, 4.69) is 10.6 Å². The van der Waals surface area contributed by atoms with E-state index < -0.39 is 0 Å². The summed E-state index contributed by atoms with van der Waals surface area (Å²) in [6.45, 7) is 0. The Labute approximate surface area is 121 Å². The predicted molar refractivity (Wildman–Crippen MR) is 77.4 cm³/mol. The molecule has 108 valence electrons. The summed E-state index contributed by atoms with van der Waals surface area (Å²) in [5.41, 5.74) is 1.13. The second kappa shape index (κ2) is 4.70. The molecular formula is C16H16N2O3. The lowest BCUT2D eigenvalue weighted by molar-refractivity contribution is 0.0931. The van der Waals surface area contributed by atoms with Gasteiger partial charge in [-0.05, 0) is 37.5 Å². The maximum Gasteiger partial charge on any atom is 0.251 e. The van der Waals surface area contributed by atoms with Gasteiger partial charge in [-0.3, -0.25) is 9.59 Å². The zero-order valence-electron chi connectivity index (χ0n) is 11.5. The highest BCUT2D eigenvalue weighted by molar-refractivity contribution is 5.98. The lowest BCUT2D eigenvalue weighted by atomic mass is 9.95. The van der Waals surface area contributed by atoms with Crippen LogP contribution in [-0.2, 0) is 0 Å². The van der Waals surface area contributed by atoms with Crippen LogP contribution in [0.25, 0.3) is 11.0 Å². The molecule has 0 unspecified atom stereocenters. The second-order valence-corrected chi connectivity index (χ2v) is 5.88. The smallest absolute Gasteiger partial charge is 0.251 e. The summed E-state index contributed by atoms with van der Waals surface area (Å²) in [6, 6.07) is 8.12. The van der Waals surface area contributed by atoms with Gasteiger partial charge in [0.25, 0.3) is 5.91 Å².